The van der Waals surface area contributed by atoms with Crippen LogP contribution < -0.4 is 14.5 Å². The maximum absolute atomic E-state index is 13.8. The van der Waals surface area contributed by atoms with Gasteiger partial charge in [0, 0.05) is 56.6 Å². The molecule has 1 aromatic heterocycles. The van der Waals surface area contributed by atoms with Crippen LogP contribution in [0.1, 0.15) is 41.6 Å². The number of nitriles is 1. The largest absolute Gasteiger partial charge is 0.462 e. The van der Waals surface area contributed by atoms with Gasteiger partial charge in [0.05, 0.1) is 30.8 Å². The van der Waals surface area contributed by atoms with Crippen molar-refractivity contribution in [3.05, 3.63) is 53.0 Å². The number of carbonyl (C=O) groups excluding carboxylic acids is 1. The summed E-state index contributed by atoms with van der Waals surface area (Å²) in [6, 6.07) is 9.02. The minimum atomic E-state index is -1.00. The third kappa shape index (κ3) is 6.04. The number of likely N-dealkylation sites (tertiary alicyclic amines) is 1. The first-order valence-corrected chi connectivity index (χ1v) is 15.4. The van der Waals surface area contributed by atoms with Gasteiger partial charge in [0.25, 0.3) is 5.91 Å². The highest BCUT2D eigenvalue weighted by Crippen LogP contribution is 2.35. The molecule has 10 nitrogen and oxygen atoms in total. The van der Waals surface area contributed by atoms with Crippen LogP contribution in [0.5, 0.6) is 6.01 Å². The number of anilines is 2. The molecule has 2 saturated heterocycles. The van der Waals surface area contributed by atoms with Gasteiger partial charge in [0.15, 0.2) is 5.83 Å². The van der Waals surface area contributed by atoms with Gasteiger partial charge in [-0.1, -0.05) is 18.7 Å². The van der Waals surface area contributed by atoms with Crippen LogP contribution in [-0.2, 0) is 30.7 Å². The number of piperazine rings is 1. The number of hydrogen-bond acceptors (Lipinski definition) is 9. The average molecular weight is 589 g/mol. The molecule has 0 bridgehead atoms. The summed E-state index contributed by atoms with van der Waals surface area (Å²) in [4.78, 5) is 33.1. The lowest BCUT2D eigenvalue weighted by Gasteiger charge is -2.42. The van der Waals surface area contributed by atoms with Crippen LogP contribution in [0.15, 0.2) is 30.6 Å². The molecule has 2 atom stereocenters. The van der Waals surface area contributed by atoms with Crippen LogP contribution >= 0.6 is 0 Å². The summed E-state index contributed by atoms with van der Waals surface area (Å²) in [5, 5.41) is 9.50. The van der Waals surface area contributed by atoms with Crippen LogP contribution in [0, 0.1) is 11.3 Å². The van der Waals surface area contributed by atoms with E-state index < -0.39 is 17.8 Å². The first-order valence-electron chi connectivity index (χ1n) is 15.4. The molecular formula is C32H41FN8O2. The van der Waals surface area contributed by atoms with Crippen molar-refractivity contribution in [2.75, 3.05) is 69.8 Å². The van der Waals surface area contributed by atoms with E-state index in [1.165, 1.54) is 21.7 Å². The number of halogens is 1. The van der Waals surface area contributed by atoms with Gasteiger partial charge >= 0.3 is 6.01 Å². The Hall–Kier alpha value is -3.75. The van der Waals surface area contributed by atoms with Gasteiger partial charge in [-0.3, -0.25) is 4.79 Å². The number of ether oxygens (including phenoxy) is 1. The van der Waals surface area contributed by atoms with E-state index in [1.54, 1.807) is 0 Å². The zero-order chi connectivity index (χ0) is 30.1. The highest BCUT2D eigenvalue weighted by Gasteiger charge is 2.35. The van der Waals surface area contributed by atoms with Crippen molar-refractivity contribution >= 4 is 17.4 Å². The van der Waals surface area contributed by atoms with Crippen molar-refractivity contribution in [1.29, 1.82) is 5.26 Å². The molecule has 11 heteroatoms. The van der Waals surface area contributed by atoms with Crippen LogP contribution in [0.25, 0.3) is 0 Å². The monoisotopic (exact) mass is 588 g/mol. The van der Waals surface area contributed by atoms with Gasteiger partial charge in [-0.05, 0) is 63.5 Å². The minimum Gasteiger partial charge on any atom is -0.462 e. The van der Waals surface area contributed by atoms with Crippen LogP contribution in [0.4, 0.5) is 15.9 Å². The maximum Gasteiger partial charge on any atom is 0.318 e. The molecule has 0 N–H and O–H groups in total. The quantitative estimate of drug-likeness (QED) is 0.453. The topological polar surface area (TPSA) is 92.1 Å². The normalized spacial score (nSPS) is 22.6. The molecule has 2 aromatic rings. The summed E-state index contributed by atoms with van der Waals surface area (Å²) in [6.45, 7) is 9.38. The van der Waals surface area contributed by atoms with E-state index in [4.69, 9.17) is 14.7 Å². The molecule has 0 radical (unpaired) electrons. The van der Waals surface area contributed by atoms with Crippen molar-refractivity contribution in [2.24, 2.45) is 0 Å². The van der Waals surface area contributed by atoms with Crippen molar-refractivity contribution < 1.29 is 13.9 Å². The van der Waals surface area contributed by atoms with Gasteiger partial charge < -0.3 is 29.2 Å². The molecular weight excluding hydrogens is 547 g/mol. The van der Waals surface area contributed by atoms with Crippen molar-refractivity contribution in [3.63, 3.8) is 0 Å². The number of fused-ring (bicyclic) bond motifs is 2. The average Bonchev–Trinajstić information content (AvgIpc) is 3.43. The van der Waals surface area contributed by atoms with E-state index in [9.17, 15) is 14.4 Å². The van der Waals surface area contributed by atoms with Gasteiger partial charge in [0.1, 0.15) is 12.4 Å². The number of rotatable bonds is 7. The molecule has 228 valence electrons. The Morgan fingerprint density at radius 2 is 1.93 bits per heavy atom. The standard InChI is InChI=1S/C32H41FN8O2/c1-22(33)31(42)41-17-16-40(18-24(41)9-12-34)30-26-11-15-39(29-8-4-6-23-10-14-37(2)19-27(23)29)20-28(26)35-32(36-30)43-21-25-7-5-13-38(25)3/h4,6,8,24-25H,1,5,7,9-11,13-21H2,2-3H3/t24-,25-/m0/s1. The molecule has 1 aromatic carbocycles. The second-order valence-corrected chi connectivity index (χ2v) is 12.3. The molecule has 6 rings (SSSR count). The number of aromatic nitrogens is 2. The fourth-order valence-corrected chi connectivity index (χ4v) is 7.03. The fraction of sp³-hybridized carbons (Fsp3) is 0.562. The van der Waals surface area contributed by atoms with Gasteiger partial charge in [-0.15, -0.1) is 0 Å². The third-order valence-electron chi connectivity index (χ3n) is 9.48. The van der Waals surface area contributed by atoms with Crippen molar-refractivity contribution in [1.82, 2.24) is 24.7 Å². The third-order valence-corrected chi connectivity index (χ3v) is 9.48. The Labute approximate surface area is 253 Å². The molecule has 0 saturated carbocycles. The second kappa shape index (κ2) is 12.5. The number of benzene rings is 1. The molecule has 5 heterocycles. The Balaban J connectivity index is 1.31. The lowest BCUT2D eigenvalue weighted by Crippen LogP contribution is -2.55. The van der Waals surface area contributed by atoms with Crippen LogP contribution in [-0.4, -0.2) is 103 Å². The number of carbonyl (C=O) groups is 1. The Morgan fingerprint density at radius 3 is 2.70 bits per heavy atom. The van der Waals surface area contributed by atoms with E-state index in [1.807, 2.05) is 0 Å². The van der Waals surface area contributed by atoms with E-state index in [0.29, 0.717) is 38.3 Å². The predicted octanol–water partition coefficient (Wildman–Crippen LogP) is 2.91. The summed E-state index contributed by atoms with van der Waals surface area (Å²) in [6.07, 6.45) is 4.15. The van der Waals surface area contributed by atoms with Gasteiger partial charge in [-0.25, -0.2) is 4.39 Å². The zero-order valence-corrected chi connectivity index (χ0v) is 25.3. The molecule has 0 spiro atoms. The van der Waals surface area contributed by atoms with Crippen LogP contribution in [0.3, 0.4) is 0 Å². The van der Waals surface area contributed by atoms with E-state index >= 15 is 0 Å². The van der Waals surface area contributed by atoms with Crippen LogP contribution in [0.2, 0.25) is 0 Å². The molecule has 1 amide bonds. The molecule has 2 fully saturated rings. The number of nitrogens with zero attached hydrogens (tertiary/aromatic N) is 8. The molecule has 4 aliphatic rings. The number of likely N-dealkylation sites (N-methyl/N-ethyl adjacent to an activating group) is 2. The van der Waals surface area contributed by atoms with Crippen molar-refractivity contribution in [2.45, 2.75) is 57.3 Å². The fourth-order valence-electron chi connectivity index (χ4n) is 7.03. The maximum atomic E-state index is 13.8. The minimum absolute atomic E-state index is 0.0987. The molecule has 0 unspecified atom stereocenters. The smallest absolute Gasteiger partial charge is 0.318 e. The summed E-state index contributed by atoms with van der Waals surface area (Å²) < 4.78 is 20.1. The SMILES string of the molecule is C=C(F)C(=O)N1CCN(c2nc(OC[C@@H]3CCCN3C)nc3c2CCN(c2cccc4c2CN(C)CC4)C3)C[C@@H]1CC#N. The van der Waals surface area contributed by atoms with Gasteiger partial charge in [0.2, 0.25) is 0 Å². The number of amides is 1. The second-order valence-electron chi connectivity index (χ2n) is 12.3. The summed E-state index contributed by atoms with van der Waals surface area (Å²) in [7, 11) is 4.30. The predicted molar refractivity (Wildman–Crippen MR) is 163 cm³/mol. The van der Waals surface area contributed by atoms with E-state index in [2.05, 4.69) is 64.5 Å². The summed E-state index contributed by atoms with van der Waals surface area (Å²) >= 11 is 0. The van der Waals surface area contributed by atoms with Gasteiger partial charge in [-0.2, -0.15) is 15.2 Å². The highest BCUT2D eigenvalue weighted by molar-refractivity contribution is 5.91. The first-order chi connectivity index (χ1) is 20.8. The lowest BCUT2D eigenvalue weighted by molar-refractivity contribution is -0.131. The highest BCUT2D eigenvalue weighted by atomic mass is 19.1. The van der Waals surface area contributed by atoms with E-state index in [-0.39, 0.29) is 13.0 Å². The zero-order valence-electron chi connectivity index (χ0n) is 25.3. The summed E-state index contributed by atoms with van der Waals surface area (Å²) in [5.74, 6) is -0.956. The molecule has 0 aliphatic carbocycles. The summed E-state index contributed by atoms with van der Waals surface area (Å²) in [5.41, 5.74) is 6.09. The number of hydrogen-bond donors (Lipinski definition) is 0. The molecule has 43 heavy (non-hydrogen) atoms. The Morgan fingerprint density at radius 1 is 1.07 bits per heavy atom. The Kier molecular flexibility index (Phi) is 8.50. The van der Waals surface area contributed by atoms with Crippen molar-refractivity contribution in [3.8, 4) is 12.1 Å². The Bertz CT molecular complexity index is 1430. The molecule has 4 aliphatic heterocycles. The lowest BCUT2D eigenvalue weighted by atomic mass is 9.96. The van der Waals surface area contributed by atoms with E-state index in [0.717, 1.165) is 68.9 Å². The first kappa shape index (κ1) is 29.3.